The Morgan fingerprint density at radius 2 is 1.82 bits per heavy atom. The predicted octanol–water partition coefficient (Wildman–Crippen LogP) is 5.21. The van der Waals surface area contributed by atoms with Crippen molar-refractivity contribution in [1.29, 1.82) is 0 Å². The maximum Gasteiger partial charge on any atom is 0.126 e. The lowest BCUT2D eigenvalue weighted by Crippen LogP contribution is -2.36. The molecule has 150 valence electrons. The Kier molecular flexibility index (Phi) is 6.48. The molecular formula is C24H33N3O. The van der Waals surface area contributed by atoms with Crippen molar-refractivity contribution in [1.82, 2.24) is 9.88 Å². The monoisotopic (exact) mass is 379 g/mol. The molecule has 2 heterocycles. The van der Waals surface area contributed by atoms with Gasteiger partial charge in [0.1, 0.15) is 11.6 Å². The first-order chi connectivity index (χ1) is 13.8. The van der Waals surface area contributed by atoms with Gasteiger partial charge in [-0.05, 0) is 68.5 Å². The molecule has 0 unspecified atom stereocenters. The topological polar surface area (TPSA) is 37.4 Å². The summed E-state index contributed by atoms with van der Waals surface area (Å²) in [6, 6.07) is 16.1. The number of likely N-dealkylation sites (tertiary alicyclic amines) is 1. The molecule has 4 heteroatoms. The van der Waals surface area contributed by atoms with Gasteiger partial charge < -0.3 is 10.1 Å². The van der Waals surface area contributed by atoms with Crippen molar-refractivity contribution in [3.05, 3.63) is 53.7 Å². The fraction of sp³-hybridized carbons (Fsp3) is 0.542. The number of aromatic nitrogens is 1. The second-order valence-electron chi connectivity index (χ2n) is 8.16. The second kappa shape index (κ2) is 9.42. The van der Waals surface area contributed by atoms with Crippen LogP contribution in [-0.4, -0.2) is 36.1 Å². The molecule has 2 fully saturated rings. The molecule has 28 heavy (non-hydrogen) atoms. The molecule has 1 aliphatic heterocycles. The first-order valence-corrected chi connectivity index (χ1v) is 10.9. The summed E-state index contributed by atoms with van der Waals surface area (Å²) in [4.78, 5) is 7.74. The minimum atomic E-state index is 0.506. The highest BCUT2D eigenvalue weighted by atomic mass is 16.5. The maximum atomic E-state index is 5.23. The lowest BCUT2D eigenvalue weighted by molar-refractivity contribution is 0.140. The highest BCUT2D eigenvalue weighted by Crippen LogP contribution is 2.37. The van der Waals surface area contributed by atoms with Crippen LogP contribution in [0.15, 0.2) is 42.5 Å². The third-order valence-electron chi connectivity index (χ3n) is 6.33. The fourth-order valence-corrected chi connectivity index (χ4v) is 4.82. The molecule has 0 bridgehead atoms. The van der Waals surface area contributed by atoms with Crippen LogP contribution in [0.25, 0.3) is 0 Å². The quantitative estimate of drug-likeness (QED) is 0.716. The molecule has 4 nitrogen and oxygen atoms in total. The van der Waals surface area contributed by atoms with Gasteiger partial charge in [0.05, 0.1) is 18.8 Å². The van der Waals surface area contributed by atoms with Crippen molar-refractivity contribution >= 4 is 5.82 Å². The zero-order chi connectivity index (χ0) is 19.2. The minimum absolute atomic E-state index is 0.506. The van der Waals surface area contributed by atoms with Crippen molar-refractivity contribution in [2.45, 2.75) is 63.5 Å². The fourth-order valence-electron chi connectivity index (χ4n) is 4.82. The van der Waals surface area contributed by atoms with Gasteiger partial charge in [-0.25, -0.2) is 4.98 Å². The van der Waals surface area contributed by atoms with Crippen LogP contribution in [0.5, 0.6) is 5.75 Å². The van der Waals surface area contributed by atoms with E-state index < -0.39 is 0 Å². The van der Waals surface area contributed by atoms with Crippen LogP contribution < -0.4 is 10.1 Å². The number of hydrogen-bond acceptors (Lipinski definition) is 4. The molecule has 1 saturated heterocycles. The number of ether oxygens (including phenoxy) is 1. The molecule has 1 aliphatic carbocycles. The first-order valence-electron chi connectivity index (χ1n) is 10.9. The molecule has 1 aromatic heterocycles. The van der Waals surface area contributed by atoms with Crippen molar-refractivity contribution in [3.8, 4) is 5.75 Å². The maximum absolute atomic E-state index is 5.23. The zero-order valence-corrected chi connectivity index (χ0v) is 17.1. The van der Waals surface area contributed by atoms with Gasteiger partial charge in [0.2, 0.25) is 0 Å². The molecule has 4 rings (SSSR count). The van der Waals surface area contributed by atoms with Crippen molar-refractivity contribution in [2.75, 3.05) is 25.5 Å². The van der Waals surface area contributed by atoms with E-state index >= 15 is 0 Å². The van der Waals surface area contributed by atoms with E-state index in [-0.39, 0.29) is 0 Å². The van der Waals surface area contributed by atoms with Crippen LogP contribution in [0.1, 0.15) is 62.2 Å². The van der Waals surface area contributed by atoms with Gasteiger partial charge >= 0.3 is 0 Å². The Balaban J connectivity index is 1.35. The summed E-state index contributed by atoms with van der Waals surface area (Å²) >= 11 is 0. The predicted molar refractivity (Wildman–Crippen MR) is 115 cm³/mol. The summed E-state index contributed by atoms with van der Waals surface area (Å²) in [5.74, 6) is 1.91. The first kappa shape index (κ1) is 19.3. The second-order valence-corrected chi connectivity index (χ2v) is 8.16. The van der Waals surface area contributed by atoms with E-state index in [0.717, 1.165) is 30.6 Å². The average Bonchev–Trinajstić information content (AvgIpc) is 3.25. The number of anilines is 1. The van der Waals surface area contributed by atoms with E-state index in [1.54, 1.807) is 7.11 Å². The van der Waals surface area contributed by atoms with E-state index in [0.29, 0.717) is 6.04 Å². The highest BCUT2D eigenvalue weighted by Gasteiger charge is 2.33. The molecular weight excluding hydrogens is 346 g/mol. The number of nitrogens with zero attached hydrogens (tertiary/aromatic N) is 2. The zero-order valence-electron chi connectivity index (χ0n) is 17.1. The van der Waals surface area contributed by atoms with Crippen LogP contribution in [0.4, 0.5) is 5.82 Å². The largest absolute Gasteiger partial charge is 0.497 e. The lowest BCUT2D eigenvalue weighted by atomic mass is 9.93. The normalized spacial score (nSPS) is 21.0. The van der Waals surface area contributed by atoms with Gasteiger partial charge in [-0.1, -0.05) is 37.5 Å². The summed E-state index contributed by atoms with van der Waals surface area (Å²) in [6.45, 7) is 2.13. The van der Waals surface area contributed by atoms with Crippen molar-refractivity contribution < 1.29 is 4.74 Å². The Morgan fingerprint density at radius 1 is 1.00 bits per heavy atom. The Bertz CT molecular complexity index is 740. The number of nitrogens with one attached hydrogen (secondary N) is 1. The van der Waals surface area contributed by atoms with Gasteiger partial charge in [-0.2, -0.15) is 0 Å². The number of benzene rings is 1. The van der Waals surface area contributed by atoms with E-state index in [9.17, 15) is 0 Å². The van der Waals surface area contributed by atoms with Crippen LogP contribution >= 0.6 is 0 Å². The molecule has 1 N–H and O–H groups in total. The summed E-state index contributed by atoms with van der Waals surface area (Å²) in [7, 11) is 1.70. The summed E-state index contributed by atoms with van der Waals surface area (Å²) in [6.07, 6.45) is 10.5. The Morgan fingerprint density at radius 3 is 2.61 bits per heavy atom. The van der Waals surface area contributed by atoms with Gasteiger partial charge in [-0.3, -0.25) is 4.90 Å². The average molecular weight is 380 g/mol. The summed E-state index contributed by atoms with van der Waals surface area (Å²) in [5, 5.41) is 3.52. The van der Waals surface area contributed by atoms with Gasteiger partial charge in [-0.15, -0.1) is 0 Å². The number of hydrogen-bond donors (Lipinski definition) is 1. The summed E-state index contributed by atoms with van der Waals surface area (Å²) < 4.78 is 5.23. The summed E-state index contributed by atoms with van der Waals surface area (Å²) in [5.41, 5.74) is 2.56. The van der Waals surface area contributed by atoms with Crippen LogP contribution in [0.3, 0.4) is 0 Å². The third-order valence-corrected chi connectivity index (χ3v) is 6.33. The number of rotatable bonds is 7. The van der Waals surface area contributed by atoms with E-state index in [1.807, 2.05) is 12.1 Å². The number of pyridine rings is 1. The van der Waals surface area contributed by atoms with Crippen LogP contribution in [0.2, 0.25) is 0 Å². The standard InChI is InChI=1S/C24H33N3O/c1-28-21-14-12-19(13-15-21)16-17-25-24-11-5-9-22(26-24)23-10-6-18-27(23)20-7-3-2-4-8-20/h5,9,11-15,20,23H,2-4,6-8,10,16-18H2,1H3,(H,25,26)/t23-/m1/s1. The molecule has 1 saturated carbocycles. The number of methoxy groups -OCH3 is 1. The molecule has 0 radical (unpaired) electrons. The van der Waals surface area contributed by atoms with Gasteiger partial charge in [0, 0.05) is 12.6 Å². The smallest absolute Gasteiger partial charge is 0.126 e. The SMILES string of the molecule is COc1ccc(CCNc2cccc([C@H]3CCCN3C3CCCCC3)n2)cc1. The lowest BCUT2D eigenvalue weighted by Gasteiger charge is -2.35. The van der Waals surface area contributed by atoms with E-state index in [2.05, 4.69) is 40.5 Å². The molecule has 0 amide bonds. The van der Waals surface area contributed by atoms with Crippen molar-refractivity contribution in [3.63, 3.8) is 0 Å². The van der Waals surface area contributed by atoms with Crippen LogP contribution in [0, 0.1) is 0 Å². The molecule has 1 atom stereocenters. The Labute approximate surface area is 169 Å². The molecule has 0 spiro atoms. The molecule has 2 aromatic rings. The highest BCUT2D eigenvalue weighted by molar-refractivity contribution is 5.37. The molecule has 1 aromatic carbocycles. The van der Waals surface area contributed by atoms with Crippen molar-refractivity contribution in [2.24, 2.45) is 0 Å². The van der Waals surface area contributed by atoms with Gasteiger partial charge in [0.25, 0.3) is 0 Å². The van der Waals surface area contributed by atoms with Crippen LogP contribution in [-0.2, 0) is 6.42 Å². The Hall–Kier alpha value is -2.07. The van der Waals surface area contributed by atoms with E-state index in [4.69, 9.17) is 9.72 Å². The minimum Gasteiger partial charge on any atom is -0.497 e. The van der Waals surface area contributed by atoms with Gasteiger partial charge in [0.15, 0.2) is 0 Å². The molecule has 2 aliphatic rings. The third kappa shape index (κ3) is 4.67. The van der Waals surface area contributed by atoms with E-state index in [1.165, 1.54) is 62.7 Å².